The first kappa shape index (κ1) is 11.7. The summed E-state index contributed by atoms with van der Waals surface area (Å²) < 4.78 is 1.19. The van der Waals surface area contributed by atoms with Gasteiger partial charge in [-0.1, -0.05) is 34.1 Å². The van der Waals surface area contributed by atoms with Gasteiger partial charge in [-0.2, -0.15) is 5.06 Å². The first-order chi connectivity index (χ1) is 8.25. The van der Waals surface area contributed by atoms with E-state index in [9.17, 15) is 0 Å². The van der Waals surface area contributed by atoms with Gasteiger partial charge in [0.1, 0.15) is 0 Å². The lowest BCUT2D eigenvalue weighted by atomic mass is 9.87. The van der Waals surface area contributed by atoms with Crippen molar-refractivity contribution >= 4 is 15.9 Å². The van der Waals surface area contributed by atoms with E-state index in [0.717, 1.165) is 19.6 Å². The zero-order valence-corrected chi connectivity index (χ0v) is 11.5. The summed E-state index contributed by atoms with van der Waals surface area (Å²) in [5.74, 6) is 0.638. The Morgan fingerprint density at radius 2 is 2.24 bits per heavy atom. The molecule has 0 aromatic heterocycles. The highest BCUT2D eigenvalue weighted by atomic mass is 79.9. The van der Waals surface area contributed by atoms with Crippen molar-refractivity contribution in [2.45, 2.75) is 18.5 Å². The molecule has 1 aromatic rings. The molecule has 2 fully saturated rings. The zero-order valence-electron chi connectivity index (χ0n) is 9.90. The van der Waals surface area contributed by atoms with Crippen molar-refractivity contribution in [3.05, 3.63) is 34.3 Å². The van der Waals surface area contributed by atoms with Crippen molar-refractivity contribution in [1.82, 2.24) is 10.4 Å². The van der Waals surface area contributed by atoms with Gasteiger partial charge >= 0.3 is 0 Å². The predicted octanol–water partition coefficient (Wildman–Crippen LogP) is 2.35. The average molecular weight is 297 g/mol. The first-order valence-corrected chi connectivity index (χ1v) is 6.88. The maximum absolute atomic E-state index is 5.60. The highest BCUT2D eigenvalue weighted by molar-refractivity contribution is 9.10. The molecule has 2 heterocycles. The fourth-order valence-corrected chi connectivity index (χ4v) is 3.43. The van der Waals surface area contributed by atoms with E-state index in [-0.39, 0.29) is 0 Å². The van der Waals surface area contributed by atoms with Gasteiger partial charge in [0, 0.05) is 36.1 Å². The van der Waals surface area contributed by atoms with Crippen molar-refractivity contribution in [3.8, 4) is 0 Å². The van der Waals surface area contributed by atoms with Crippen LogP contribution >= 0.6 is 15.9 Å². The molecule has 3 rings (SSSR count). The van der Waals surface area contributed by atoms with E-state index in [0.29, 0.717) is 18.0 Å². The molecule has 1 aromatic carbocycles. The summed E-state index contributed by atoms with van der Waals surface area (Å²) in [5, 5.41) is 5.67. The van der Waals surface area contributed by atoms with Crippen LogP contribution in [0.5, 0.6) is 0 Å². The Labute approximate surface area is 110 Å². The molecule has 2 aliphatic rings. The van der Waals surface area contributed by atoms with Crippen molar-refractivity contribution < 1.29 is 4.84 Å². The second-order valence-electron chi connectivity index (χ2n) is 4.89. The SMILES string of the molecule is CN1OC[C@@H]2CN[C@H](c3ccccc3Br)C[C@@H]21. The number of fused-ring (bicyclic) bond motifs is 1. The molecule has 2 aliphatic heterocycles. The molecule has 0 saturated carbocycles. The Morgan fingerprint density at radius 3 is 3.06 bits per heavy atom. The molecular weight excluding hydrogens is 280 g/mol. The Bertz CT molecular complexity index is 412. The third kappa shape index (κ3) is 2.15. The molecule has 0 bridgehead atoms. The number of hydroxylamine groups is 2. The van der Waals surface area contributed by atoms with Crippen LogP contribution in [0.1, 0.15) is 18.0 Å². The summed E-state index contributed by atoms with van der Waals surface area (Å²) >= 11 is 3.63. The van der Waals surface area contributed by atoms with Gasteiger partial charge in [0.25, 0.3) is 0 Å². The molecule has 17 heavy (non-hydrogen) atoms. The summed E-state index contributed by atoms with van der Waals surface area (Å²) in [6.07, 6.45) is 1.11. The summed E-state index contributed by atoms with van der Waals surface area (Å²) in [5.41, 5.74) is 1.35. The quantitative estimate of drug-likeness (QED) is 0.861. The van der Waals surface area contributed by atoms with E-state index >= 15 is 0 Å². The van der Waals surface area contributed by atoms with E-state index < -0.39 is 0 Å². The van der Waals surface area contributed by atoms with Crippen LogP contribution in [0.3, 0.4) is 0 Å². The highest BCUT2D eigenvalue weighted by Crippen LogP contribution is 2.35. The Kier molecular flexibility index (Phi) is 3.21. The lowest BCUT2D eigenvalue weighted by molar-refractivity contribution is -0.112. The van der Waals surface area contributed by atoms with E-state index in [2.05, 4.69) is 45.5 Å². The van der Waals surface area contributed by atoms with Crippen molar-refractivity contribution in [3.63, 3.8) is 0 Å². The van der Waals surface area contributed by atoms with E-state index in [1.807, 2.05) is 12.1 Å². The van der Waals surface area contributed by atoms with Gasteiger partial charge in [-0.3, -0.25) is 4.84 Å². The summed E-state index contributed by atoms with van der Waals surface area (Å²) in [4.78, 5) is 5.60. The van der Waals surface area contributed by atoms with Crippen LogP contribution < -0.4 is 5.32 Å². The van der Waals surface area contributed by atoms with Crippen molar-refractivity contribution in [2.24, 2.45) is 5.92 Å². The fourth-order valence-electron chi connectivity index (χ4n) is 2.87. The van der Waals surface area contributed by atoms with Gasteiger partial charge in [-0.25, -0.2) is 0 Å². The van der Waals surface area contributed by atoms with Gasteiger partial charge in [0.05, 0.1) is 6.61 Å². The molecule has 1 N–H and O–H groups in total. The molecule has 0 aliphatic carbocycles. The standard InChI is InChI=1S/C13H17BrN2O/c1-16-13-6-12(15-7-9(13)8-17-16)10-4-2-3-5-11(10)14/h2-5,9,12-13,15H,6-8H2,1H3/t9-,12-,13-/m0/s1. The number of halogens is 1. The van der Waals surface area contributed by atoms with Gasteiger partial charge in [0.2, 0.25) is 0 Å². The molecule has 0 amide bonds. The number of nitrogens with one attached hydrogen (secondary N) is 1. The Balaban J connectivity index is 1.80. The number of hydrogen-bond donors (Lipinski definition) is 1. The zero-order chi connectivity index (χ0) is 11.8. The molecule has 0 radical (unpaired) electrons. The second-order valence-corrected chi connectivity index (χ2v) is 5.74. The molecule has 0 spiro atoms. The third-order valence-electron chi connectivity index (χ3n) is 3.89. The van der Waals surface area contributed by atoms with Crippen molar-refractivity contribution in [1.29, 1.82) is 0 Å². The minimum Gasteiger partial charge on any atom is -0.309 e. The van der Waals surface area contributed by atoms with Crippen LogP contribution in [0.25, 0.3) is 0 Å². The lowest BCUT2D eigenvalue weighted by Gasteiger charge is -2.34. The van der Waals surface area contributed by atoms with Crippen LogP contribution in [0.4, 0.5) is 0 Å². The predicted molar refractivity (Wildman–Crippen MR) is 70.5 cm³/mol. The molecule has 92 valence electrons. The van der Waals surface area contributed by atoms with Gasteiger partial charge in [-0.15, -0.1) is 0 Å². The number of piperidine rings is 1. The summed E-state index contributed by atoms with van der Waals surface area (Å²) in [6.45, 7) is 1.90. The van der Waals surface area contributed by atoms with Gasteiger partial charge in [-0.05, 0) is 18.1 Å². The van der Waals surface area contributed by atoms with E-state index in [1.165, 1.54) is 10.0 Å². The number of rotatable bonds is 1. The Hall–Kier alpha value is -0.420. The third-order valence-corrected chi connectivity index (χ3v) is 4.61. The van der Waals surface area contributed by atoms with Crippen molar-refractivity contribution in [2.75, 3.05) is 20.2 Å². The number of benzene rings is 1. The number of nitrogens with zero attached hydrogens (tertiary/aromatic N) is 1. The smallest absolute Gasteiger partial charge is 0.0741 e. The maximum Gasteiger partial charge on any atom is 0.0741 e. The largest absolute Gasteiger partial charge is 0.309 e. The van der Waals surface area contributed by atoms with Crippen LogP contribution in [0, 0.1) is 5.92 Å². The maximum atomic E-state index is 5.60. The Morgan fingerprint density at radius 1 is 1.41 bits per heavy atom. The normalized spacial score (nSPS) is 33.6. The second kappa shape index (κ2) is 4.69. The molecule has 3 atom stereocenters. The van der Waals surface area contributed by atoms with Crippen LogP contribution in [-0.2, 0) is 4.84 Å². The summed E-state index contributed by atoms with van der Waals surface area (Å²) in [7, 11) is 2.05. The minimum atomic E-state index is 0.427. The fraction of sp³-hybridized carbons (Fsp3) is 0.538. The summed E-state index contributed by atoms with van der Waals surface area (Å²) in [6, 6.07) is 9.44. The first-order valence-electron chi connectivity index (χ1n) is 6.09. The lowest BCUT2D eigenvalue weighted by Crippen LogP contribution is -2.44. The van der Waals surface area contributed by atoms with E-state index in [1.54, 1.807) is 0 Å². The van der Waals surface area contributed by atoms with Gasteiger partial charge in [0.15, 0.2) is 0 Å². The number of hydrogen-bond acceptors (Lipinski definition) is 3. The van der Waals surface area contributed by atoms with Gasteiger partial charge < -0.3 is 5.32 Å². The topological polar surface area (TPSA) is 24.5 Å². The van der Waals surface area contributed by atoms with Crippen LogP contribution in [0.2, 0.25) is 0 Å². The molecule has 4 heteroatoms. The van der Waals surface area contributed by atoms with E-state index in [4.69, 9.17) is 4.84 Å². The van der Waals surface area contributed by atoms with Crippen LogP contribution in [-0.4, -0.2) is 31.3 Å². The average Bonchev–Trinajstić information content (AvgIpc) is 2.71. The molecule has 2 saturated heterocycles. The van der Waals surface area contributed by atoms with Crippen LogP contribution in [0.15, 0.2) is 28.7 Å². The monoisotopic (exact) mass is 296 g/mol. The molecule has 0 unspecified atom stereocenters. The highest BCUT2D eigenvalue weighted by Gasteiger charge is 2.39. The minimum absolute atomic E-state index is 0.427. The molecule has 3 nitrogen and oxygen atoms in total. The molecular formula is C13H17BrN2O.